The van der Waals surface area contributed by atoms with Crippen LogP contribution in [0.5, 0.6) is 5.75 Å². The zero-order valence-electron chi connectivity index (χ0n) is 12.7. The van der Waals surface area contributed by atoms with Gasteiger partial charge in [0, 0.05) is 6.04 Å². The second-order valence-corrected chi connectivity index (χ2v) is 5.39. The maximum atomic E-state index is 14.2. The van der Waals surface area contributed by atoms with Crippen molar-refractivity contribution in [2.24, 2.45) is 11.8 Å². The first-order valence-corrected chi connectivity index (χ1v) is 7.06. The van der Waals surface area contributed by atoms with E-state index in [1.165, 1.54) is 7.11 Å². The van der Waals surface area contributed by atoms with Crippen LogP contribution in [0.2, 0.25) is 0 Å². The van der Waals surface area contributed by atoms with Crippen LogP contribution >= 0.6 is 0 Å². The number of ether oxygens (including phenoxy) is 1. The highest BCUT2D eigenvalue weighted by atomic mass is 19.1. The van der Waals surface area contributed by atoms with Crippen LogP contribution in [0.25, 0.3) is 0 Å². The minimum atomic E-state index is -0.223. The molecule has 0 radical (unpaired) electrons. The predicted molar refractivity (Wildman–Crippen MR) is 78.1 cm³/mol. The molecule has 108 valence electrons. The van der Waals surface area contributed by atoms with E-state index in [2.05, 4.69) is 33.0 Å². The summed E-state index contributed by atoms with van der Waals surface area (Å²) in [6, 6.07) is 5.74. The molecule has 0 saturated heterocycles. The molecule has 2 nitrogen and oxygen atoms in total. The van der Waals surface area contributed by atoms with Crippen molar-refractivity contribution in [2.75, 3.05) is 13.7 Å². The van der Waals surface area contributed by atoms with Gasteiger partial charge in [0.15, 0.2) is 11.6 Å². The Kier molecular flexibility index (Phi) is 6.29. The summed E-state index contributed by atoms with van der Waals surface area (Å²) in [5.41, 5.74) is 0.739. The second-order valence-electron chi connectivity index (χ2n) is 5.39. The molecule has 2 unspecified atom stereocenters. The van der Waals surface area contributed by atoms with E-state index in [4.69, 9.17) is 4.74 Å². The van der Waals surface area contributed by atoms with E-state index >= 15 is 0 Å². The van der Waals surface area contributed by atoms with Gasteiger partial charge in [-0.3, -0.25) is 0 Å². The lowest BCUT2D eigenvalue weighted by Crippen LogP contribution is -2.37. The van der Waals surface area contributed by atoms with Crippen LogP contribution in [0, 0.1) is 17.7 Å². The molecule has 0 amide bonds. The van der Waals surface area contributed by atoms with Crippen LogP contribution < -0.4 is 10.1 Å². The first-order valence-electron chi connectivity index (χ1n) is 7.06. The standard InChI is InChI=1S/C16H26FNO/c1-6-18-12(4)14(11(2)3)10-13-8-7-9-15(19-5)16(13)17/h7-9,11-12,14,18H,6,10H2,1-5H3. The summed E-state index contributed by atoms with van der Waals surface area (Å²) in [5.74, 6) is 1.01. The summed E-state index contributed by atoms with van der Waals surface area (Å²) in [6.07, 6.45) is 0.731. The molecule has 1 N–H and O–H groups in total. The van der Waals surface area contributed by atoms with Gasteiger partial charge in [-0.15, -0.1) is 0 Å². The highest BCUT2D eigenvalue weighted by Gasteiger charge is 2.22. The van der Waals surface area contributed by atoms with E-state index in [-0.39, 0.29) is 5.82 Å². The van der Waals surface area contributed by atoms with Crippen LogP contribution in [0.15, 0.2) is 18.2 Å². The summed E-state index contributed by atoms with van der Waals surface area (Å²) in [5, 5.41) is 3.44. The Balaban J connectivity index is 2.91. The van der Waals surface area contributed by atoms with Gasteiger partial charge in [-0.2, -0.15) is 0 Å². The van der Waals surface area contributed by atoms with E-state index in [9.17, 15) is 4.39 Å². The smallest absolute Gasteiger partial charge is 0.168 e. The van der Waals surface area contributed by atoms with E-state index < -0.39 is 0 Å². The molecule has 0 aliphatic heterocycles. The third-order valence-electron chi connectivity index (χ3n) is 3.74. The van der Waals surface area contributed by atoms with Crippen molar-refractivity contribution in [3.63, 3.8) is 0 Å². The zero-order valence-corrected chi connectivity index (χ0v) is 12.7. The largest absolute Gasteiger partial charge is 0.494 e. The molecule has 19 heavy (non-hydrogen) atoms. The van der Waals surface area contributed by atoms with Crippen molar-refractivity contribution < 1.29 is 9.13 Å². The Morgan fingerprint density at radius 1 is 1.26 bits per heavy atom. The number of hydrogen-bond donors (Lipinski definition) is 1. The lowest BCUT2D eigenvalue weighted by molar-refractivity contribution is 0.288. The van der Waals surface area contributed by atoms with Crippen LogP contribution in [0.4, 0.5) is 4.39 Å². The molecule has 1 aromatic carbocycles. The Bertz CT molecular complexity index is 392. The third kappa shape index (κ3) is 4.20. The van der Waals surface area contributed by atoms with Gasteiger partial charge in [0.05, 0.1) is 7.11 Å². The van der Waals surface area contributed by atoms with Crippen molar-refractivity contribution >= 4 is 0 Å². The Hall–Kier alpha value is -1.09. The van der Waals surface area contributed by atoms with E-state index in [0.29, 0.717) is 23.6 Å². The van der Waals surface area contributed by atoms with Crippen molar-refractivity contribution in [3.8, 4) is 5.75 Å². The van der Waals surface area contributed by atoms with Gasteiger partial charge in [0.1, 0.15) is 0 Å². The molecule has 0 aliphatic carbocycles. The van der Waals surface area contributed by atoms with Gasteiger partial charge in [-0.05, 0) is 43.4 Å². The second kappa shape index (κ2) is 7.49. The Morgan fingerprint density at radius 3 is 2.47 bits per heavy atom. The Labute approximate surface area is 116 Å². The van der Waals surface area contributed by atoms with Gasteiger partial charge in [-0.1, -0.05) is 32.9 Å². The van der Waals surface area contributed by atoms with E-state index in [0.717, 1.165) is 18.5 Å². The van der Waals surface area contributed by atoms with Crippen molar-refractivity contribution in [1.29, 1.82) is 0 Å². The number of benzene rings is 1. The molecule has 0 spiro atoms. The molecule has 2 atom stereocenters. The molecular weight excluding hydrogens is 241 g/mol. The molecule has 0 aromatic heterocycles. The van der Waals surface area contributed by atoms with Crippen molar-refractivity contribution in [3.05, 3.63) is 29.6 Å². The minimum absolute atomic E-state index is 0.223. The van der Waals surface area contributed by atoms with Crippen molar-refractivity contribution in [2.45, 2.75) is 40.2 Å². The molecule has 0 saturated carbocycles. The minimum Gasteiger partial charge on any atom is -0.494 e. The first kappa shape index (κ1) is 16.0. The summed E-state index contributed by atoms with van der Waals surface area (Å²) < 4.78 is 19.2. The lowest BCUT2D eigenvalue weighted by atomic mass is 9.83. The molecular formula is C16H26FNO. The zero-order chi connectivity index (χ0) is 14.4. The number of halogens is 1. The van der Waals surface area contributed by atoms with Gasteiger partial charge in [-0.25, -0.2) is 4.39 Å². The van der Waals surface area contributed by atoms with E-state index in [1.807, 2.05) is 12.1 Å². The van der Waals surface area contributed by atoms with E-state index in [1.54, 1.807) is 6.07 Å². The number of methoxy groups -OCH3 is 1. The summed E-state index contributed by atoms with van der Waals surface area (Å²) in [6.45, 7) is 9.59. The monoisotopic (exact) mass is 267 g/mol. The average molecular weight is 267 g/mol. The number of rotatable bonds is 7. The normalized spacial score (nSPS) is 14.5. The van der Waals surface area contributed by atoms with Gasteiger partial charge >= 0.3 is 0 Å². The first-order chi connectivity index (χ1) is 9.01. The average Bonchev–Trinajstić information content (AvgIpc) is 2.37. The molecule has 1 aromatic rings. The van der Waals surface area contributed by atoms with Crippen LogP contribution in [-0.4, -0.2) is 19.7 Å². The lowest BCUT2D eigenvalue weighted by Gasteiger charge is -2.28. The molecule has 3 heteroatoms. The predicted octanol–water partition coefficient (Wildman–Crippen LogP) is 3.65. The molecule has 0 bridgehead atoms. The summed E-state index contributed by atoms with van der Waals surface area (Å²) in [7, 11) is 1.50. The topological polar surface area (TPSA) is 21.3 Å². The molecule has 0 heterocycles. The molecule has 0 aliphatic rings. The summed E-state index contributed by atoms with van der Waals surface area (Å²) >= 11 is 0. The molecule has 0 fully saturated rings. The van der Waals surface area contributed by atoms with Gasteiger partial charge < -0.3 is 10.1 Å². The fourth-order valence-corrected chi connectivity index (χ4v) is 2.59. The highest BCUT2D eigenvalue weighted by Crippen LogP contribution is 2.26. The van der Waals surface area contributed by atoms with Crippen LogP contribution in [0.3, 0.4) is 0 Å². The number of hydrogen-bond acceptors (Lipinski definition) is 2. The van der Waals surface area contributed by atoms with Crippen LogP contribution in [0.1, 0.15) is 33.3 Å². The quantitative estimate of drug-likeness (QED) is 0.814. The fraction of sp³-hybridized carbons (Fsp3) is 0.625. The maximum Gasteiger partial charge on any atom is 0.168 e. The highest BCUT2D eigenvalue weighted by molar-refractivity contribution is 5.31. The Morgan fingerprint density at radius 2 is 1.95 bits per heavy atom. The molecule has 1 rings (SSSR count). The fourth-order valence-electron chi connectivity index (χ4n) is 2.59. The maximum absolute atomic E-state index is 14.2. The van der Waals surface area contributed by atoms with Crippen molar-refractivity contribution in [1.82, 2.24) is 5.32 Å². The SMILES string of the molecule is CCNC(C)C(Cc1cccc(OC)c1F)C(C)C. The van der Waals surface area contributed by atoms with Gasteiger partial charge in [0.25, 0.3) is 0 Å². The summed E-state index contributed by atoms with van der Waals surface area (Å²) in [4.78, 5) is 0. The van der Waals surface area contributed by atoms with Crippen LogP contribution in [-0.2, 0) is 6.42 Å². The van der Waals surface area contributed by atoms with Gasteiger partial charge in [0.2, 0.25) is 0 Å². The third-order valence-corrected chi connectivity index (χ3v) is 3.74. The number of nitrogens with one attached hydrogen (secondary N) is 1.